The lowest BCUT2D eigenvalue weighted by molar-refractivity contribution is -0.123. The Bertz CT molecular complexity index is 252. The smallest absolute Gasteiger partial charge is 0.234 e. The second-order valence-electron chi connectivity index (χ2n) is 5.52. The van der Waals surface area contributed by atoms with E-state index in [0.29, 0.717) is 12.6 Å². The Morgan fingerprint density at radius 2 is 1.89 bits per heavy atom. The van der Waals surface area contributed by atoms with Gasteiger partial charge in [0.2, 0.25) is 5.91 Å². The fourth-order valence-corrected chi connectivity index (χ4v) is 2.51. The second-order valence-corrected chi connectivity index (χ2v) is 5.52. The van der Waals surface area contributed by atoms with Crippen LogP contribution in [0.4, 0.5) is 0 Å². The maximum absolute atomic E-state index is 11.9. The molecule has 1 unspecified atom stereocenters. The summed E-state index contributed by atoms with van der Waals surface area (Å²) in [6.07, 6.45) is 3.23. The number of carbonyl (C=O) groups is 1. The Morgan fingerprint density at radius 3 is 2.47 bits per heavy atom. The van der Waals surface area contributed by atoms with Crippen LogP contribution in [-0.2, 0) is 4.79 Å². The quantitative estimate of drug-likeness (QED) is 0.664. The second kappa shape index (κ2) is 9.28. The molecule has 3 N–H and O–H groups in total. The molecule has 1 heterocycles. The number of amides is 1. The average Bonchev–Trinajstić information content (AvgIpc) is 2.38. The zero-order chi connectivity index (χ0) is 14.1. The van der Waals surface area contributed by atoms with E-state index >= 15 is 0 Å². The summed E-state index contributed by atoms with van der Waals surface area (Å²) >= 11 is 0. The lowest BCUT2D eigenvalue weighted by atomic mass is 10.2. The summed E-state index contributed by atoms with van der Waals surface area (Å²) in [5.41, 5.74) is 5.52. The first-order chi connectivity index (χ1) is 9.15. The van der Waals surface area contributed by atoms with E-state index in [1.54, 1.807) is 0 Å². The number of piperazine rings is 1. The van der Waals surface area contributed by atoms with Crippen LogP contribution < -0.4 is 11.1 Å². The van der Waals surface area contributed by atoms with Crippen molar-refractivity contribution in [3.8, 4) is 0 Å². The number of nitrogens with one attached hydrogen (secondary N) is 1. The molecule has 0 radical (unpaired) electrons. The maximum Gasteiger partial charge on any atom is 0.234 e. The number of nitrogens with two attached hydrogens (primary N) is 1. The van der Waals surface area contributed by atoms with Gasteiger partial charge in [-0.15, -0.1) is 0 Å². The SMILES string of the molecule is CCCC(C)NC(=O)CN1CCN(CCCN)CC1. The van der Waals surface area contributed by atoms with Gasteiger partial charge in [0.05, 0.1) is 6.54 Å². The summed E-state index contributed by atoms with van der Waals surface area (Å²) in [6, 6.07) is 0.295. The Morgan fingerprint density at radius 1 is 1.26 bits per heavy atom. The topological polar surface area (TPSA) is 61.6 Å². The molecule has 5 nitrogen and oxygen atoms in total. The number of rotatable bonds is 8. The van der Waals surface area contributed by atoms with Gasteiger partial charge in [-0.1, -0.05) is 13.3 Å². The highest BCUT2D eigenvalue weighted by Gasteiger charge is 2.18. The van der Waals surface area contributed by atoms with Gasteiger partial charge in [-0.05, 0) is 32.9 Å². The monoisotopic (exact) mass is 270 g/mol. The number of hydrogen-bond donors (Lipinski definition) is 2. The highest BCUT2D eigenvalue weighted by molar-refractivity contribution is 5.78. The van der Waals surface area contributed by atoms with E-state index in [2.05, 4.69) is 29.0 Å². The minimum absolute atomic E-state index is 0.163. The largest absolute Gasteiger partial charge is 0.353 e. The van der Waals surface area contributed by atoms with E-state index in [-0.39, 0.29) is 5.91 Å². The molecular formula is C14H30N4O. The molecule has 19 heavy (non-hydrogen) atoms. The highest BCUT2D eigenvalue weighted by atomic mass is 16.2. The van der Waals surface area contributed by atoms with Gasteiger partial charge in [0.15, 0.2) is 0 Å². The Labute approximate surface area is 117 Å². The normalized spacial score (nSPS) is 19.3. The van der Waals surface area contributed by atoms with E-state index in [4.69, 9.17) is 5.73 Å². The highest BCUT2D eigenvalue weighted by Crippen LogP contribution is 2.02. The number of nitrogens with zero attached hydrogens (tertiary/aromatic N) is 2. The van der Waals surface area contributed by atoms with Gasteiger partial charge in [-0.2, -0.15) is 0 Å². The Balaban J connectivity index is 2.16. The van der Waals surface area contributed by atoms with Gasteiger partial charge < -0.3 is 16.0 Å². The molecule has 1 amide bonds. The molecule has 1 fully saturated rings. The van der Waals surface area contributed by atoms with Crippen molar-refractivity contribution in [2.24, 2.45) is 5.73 Å². The molecule has 1 atom stereocenters. The molecule has 112 valence electrons. The third-order valence-electron chi connectivity index (χ3n) is 3.64. The van der Waals surface area contributed by atoms with Crippen LogP contribution in [0.2, 0.25) is 0 Å². The van der Waals surface area contributed by atoms with Crippen LogP contribution in [0.25, 0.3) is 0 Å². The zero-order valence-corrected chi connectivity index (χ0v) is 12.5. The van der Waals surface area contributed by atoms with Crippen molar-refractivity contribution in [1.82, 2.24) is 15.1 Å². The molecule has 1 aliphatic heterocycles. The van der Waals surface area contributed by atoms with Crippen molar-refractivity contribution >= 4 is 5.91 Å². The van der Waals surface area contributed by atoms with E-state index in [0.717, 1.165) is 58.5 Å². The van der Waals surface area contributed by atoms with Gasteiger partial charge in [-0.3, -0.25) is 9.69 Å². The van der Waals surface area contributed by atoms with Gasteiger partial charge in [0, 0.05) is 32.2 Å². The van der Waals surface area contributed by atoms with E-state index in [1.165, 1.54) is 0 Å². The van der Waals surface area contributed by atoms with Gasteiger partial charge >= 0.3 is 0 Å². The summed E-state index contributed by atoms with van der Waals surface area (Å²) in [5, 5.41) is 3.06. The van der Waals surface area contributed by atoms with Gasteiger partial charge in [0.1, 0.15) is 0 Å². The van der Waals surface area contributed by atoms with Crippen LogP contribution in [0, 0.1) is 0 Å². The first kappa shape index (κ1) is 16.4. The molecular weight excluding hydrogens is 240 g/mol. The van der Waals surface area contributed by atoms with Crippen LogP contribution in [0.1, 0.15) is 33.1 Å². The lowest BCUT2D eigenvalue weighted by Gasteiger charge is -2.34. The van der Waals surface area contributed by atoms with E-state index < -0.39 is 0 Å². The standard InChI is InChI=1S/C14H30N4O/c1-3-5-13(2)16-14(19)12-18-10-8-17(9-11-18)7-4-6-15/h13H,3-12,15H2,1-2H3,(H,16,19). The molecule has 0 spiro atoms. The molecule has 0 aromatic rings. The molecule has 0 bridgehead atoms. The summed E-state index contributed by atoms with van der Waals surface area (Å²) in [4.78, 5) is 16.5. The molecule has 1 saturated heterocycles. The molecule has 0 saturated carbocycles. The van der Waals surface area contributed by atoms with Crippen molar-refractivity contribution in [2.75, 3.05) is 45.8 Å². The third-order valence-corrected chi connectivity index (χ3v) is 3.64. The first-order valence-electron chi connectivity index (χ1n) is 7.59. The molecule has 0 aromatic carbocycles. The van der Waals surface area contributed by atoms with E-state index in [9.17, 15) is 4.79 Å². The first-order valence-corrected chi connectivity index (χ1v) is 7.59. The minimum atomic E-state index is 0.163. The predicted octanol–water partition coefficient (Wildman–Crippen LogP) is 0.258. The summed E-state index contributed by atoms with van der Waals surface area (Å²) < 4.78 is 0. The molecule has 0 aliphatic carbocycles. The zero-order valence-electron chi connectivity index (χ0n) is 12.5. The van der Waals surface area contributed by atoms with Crippen molar-refractivity contribution in [1.29, 1.82) is 0 Å². The summed E-state index contributed by atoms with van der Waals surface area (Å²) in [5.74, 6) is 0.163. The van der Waals surface area contributed by atoms with Crippen molar-refractivity contribution in [2.45, 2.75) is 39.2 Å². The van der Waals surface area contributed by atoms with Gasteiger partial charge in [0.25, 0.3) is 0 Å². The summed E-state index contributed by atoms with van der Waals surface area (Å²) in [7, 11) is 0. The molecule has 1 rings (SSSR count). The number of hydrogen-bond acceptors (Lipinski definition) is 4. The Hall–Kier alpha value is -0.650. The third kappa shape index (κ3) is 6.89. The van der Waals surface area contributed by atoms with Crippen LogP contribution in [0.3, 0.4) is 0 Å². The molecule has 5 heteroatoms. The lowest BCUT2D eigenvalue weighted by Crippen LogP contribution is -2.50. The number of carbonyl (C=O) groups excluding carboxylic acids is 1. The van der Waals surface area contributed by atoms with Crippen molar-refractivity contribution in [3.05, 3.63) is 0 Å². The Kier molecular flexibility index (Phi) is 8.02. The van der Waals surface area contributed by atoms with E-state index in [1.807, 2.05) is 0 Å². The van der Waals surface area contributed by atoms with Crippen LogP contribution in [0.15, 0.2) is 0 Å². The van der Waals surface area contributed by atoms with Crippen LogP contribution >= 0.6 is 0 Å². The van der Waals surface area contributed by atoms with Crippen molar-refractivity contribution in [3.63, 3.8) is 0 Å². The summed E-state index contributed by atoms with van der Waals surface area (Å²) in [6.45, 7) is 10.7. The van der Waals surface area contributed by atoms with Crippen LogP contribution in [-0.4, -0.2) is 67.6 Å². The fourth-order valence-electron chi connectivity index (χ4n) is 2.51. The predicted molar refractivity (Wildman–Crippen MR) is 79.1 cm³/mol. The van der Waals surface area contributed by atoms with Crippen LogP contribution in [0.5, 0.6) is 0 Å². The maximum atomic E-state index is 11.9. The average molecular weight is 270 g/mol. The molecule has 0 aromatic heterocycles. The minimum Gasteiger partial charge on any atom is -0.353 e. The van der Waals surface area contributed by atoms with Crippen molar-refractivity contribution < 1.29 is 4.79 Å². The fraction of sp³-hybridized carbons (Fsp3) is 0.929. The van der Waals surface area contributed by atoms with Gasteiger partial charge in [-0.25, -0.2) is 0 Å². The molecule has 1 aliphatic rings.